The summed E-state index contributed by atoms with van der Waals surface area (Å²) in [6.07, 6.45) is -5.04. The molecule has 2 heterocycles. The Labute approximate surface area is 221 Å². The van der Waals surface area contributed by atoms with Crippen molar-refractivity contribution < 1.29 is 31.1 Å². The third-order valence-corrected chi connectivity index (χ3v) is 7.41. The monoisotopic (exact) mass is 550 g/mol. The quantitative estimate of drug-likeness (QED) is 0.335. The predicted molar refractivity (Wildman–Crippen MR) is 137 cm³/mol. The molecule has 0 unspecified atom stereocenters. The molecule has 2 atom stereocenters. The highest BCUT2D eigenvalue weighted by atomic mass is 19.4. The number of carbonyl (C=O) groups is 1. The second kappa shape index (κ2) is 10.6. The number of para-hydroxylation sites is 1. The molecule has 0 spiro atoms. The van der Waals surface area contributed by atoms with Crippen LogP contribution in [-0.4, -0.2) is 36.1 Å². The Morgan fingerprint density at radius 3 is 2.08 bits per heavy atom. The van der Waals surface area contributed by atoms with Gasteiger partial charge in [0.1, 0.15) is 5.82 Å². The molecular formula is C28H28F6N4O. The summed E-state index contributed by atoms with van der Waals surface area (Å²) >= 11 is 0. The first kappa shape index (κ1) is 27.1. The number of hydrogen-bond acceptors (Lipinski definition) is 4. The number of nitrogens with zero attached hydrogens (tertiary/aromatic N) is 2. The lowest BCUT2D eigenvalue weighted by molar-refractivity contribution is -0.143. The van der Waals surface area contributed by atoms with E-state index in [-0.39, 0.29) is 12.1 Å². The van der Waals surface area contributed by atoms with Crippen LogP contribution in [0.5, 0.6) is 0 Å². The lowest BCUT2D eigenvalue weighted by Gasteiger charge is -2.33. The minimum Gasteiger partial charge on any atom is -0.371 e. The number of rotatable bonds is 5. The molecule has 3 aromatic rings. The molecule has 2 fully saturated rings. The standard InChI is InChI=1S/C28H28F6N4O/c29-27(30,31)18-13-17(14-19(15-18)28(32,33)34)26(39)37-23-10-4-3-9-22(23)36-25-16-24(38-11-5-6-12-38)20-7-1-2-8-21(20)35-25/h1-2,7-8,13-16,22-23H,3-6,9-12H2,(H,35,36)(H,37,39)/t22-,23-/m1/s1. The maximum atomic E-state index is 13.3. The Morgan fingerprint density at radius 1 is 0.821 bits per heavy atom. The van der Waals surface area contributed by atoms with Gasteiger partial charge in [0.2, 0.25) is 0 Å². The Morgan fingerprint density at radius 2 is 1.44 bits per heavy atom. The Kier molecular flexibility index (Phi) is 7.35. The summed E-state index contributed by atoms with van der Waals surface area (Å²) in [6, 6.07) is 9.93. The highest BCUT2D eigenvalue weighted by Crippen LogP contribution is 2.37. The molecule has 1 saturated heterocycles. The molecule has 0 radical (unpaired) electrons. The van der Waals surface area contributed by atoms with Gasteiger partial charge in [-0.15, -0.1) is 0 Å². The normalized spacial score (nSPS) is 20.3. The van der Waals surface area contributed by atoms with E-state index in [4.69, 9.17) is 4.98 Å². The fourth-order valence-corrected chi connectivity index (χ4v) is 5.45. The van der Waals surface area contributed by atoms with Gasteiger partial charge in [0, 0.05) is 47.9 Å². The first-order chi connectivity index (χ1) is 18.5. The van der Waals surface area contributed by atoms with Crippen molar-refractivity contribution in [1.29, 1.82) is 0 Å². The summed E-state index contributed by atoms with van der Waals surface area (Å²) in [4.78, 5) is 20.0. The molecule has 2 N–H and O–H groups in total. The molecule has 1 aliphatic carbocycles. The van der Waals surface area contributed by atoms with E-state index >= 15 is 0 Å². The topological polar surface area (TPSA) is 57.3 Å². The average molecular weight is 551 g/mol. The number of anilines is 2. The Hall–Kier alpha value is -3.50. The average Bonchev–Trinajstić information content (AvgIpc) is 3.43. The molecule has 39 heavy (non-hydrogen) atoms. The molecule has 208 valence electrons. The van der Waals surface area contributed by atoms with Crippen molar-refractivity contribution in [3.05, 3.63) is 65.2 Å². The Balaban J connectivity index is 1.40. The lowest BCUT2D eigenvalue weighted by Crippen LogP contribution is -2.48. The number of benzene rings is 2. The maximum absolute atomic E-state index is 13.3. The zero-order valence-electron chi connectivity index (χ0n) is 21.0. The third-order valence-electron chi connectivity index (χ3n) is 7.41. The van der Waals surface area contributed by atoms with Crippen molar-refractivity contribution >= 4 is 28.3 Å². The van der Waals surface area contributed by atoms with Crippen LogP contribution in [0.4, 0.5) is 37.8 Å². The van der Waals surface area contributed by atoms with E-state index in [1.54, 1.807) is 0 Å². The van der Waals surface area contributed by atoms with E-state index in [9.17, 15) is 31.1 Å². The number of alkyl halides is 6. The predicted octanol–water partition coefficient (Wildman–Crippen LogP) is 7.03. The summed E-state index contributed by atoms with van der Waals surface area (Å²) in [5.74, 6) is -0.366. The van der Waals surface area contributed by atoms with E-state index in [1.807, 2.05) is 30.3 Å². The summed E-state index contributed by atoms with van der Waals surface area (Å²) < 4.78 is 79.8. The molecule has 0 bridgehead atoms. The summed E-state index contributed by atoms with van der Waals surface area (Å²) in [5, 5.41) is 7.13. The number of fused-ring (bicyclic) bond motifs is 1. The van der Waals surface area contributed by atoms with Crippen LogP contribution in [0, 0.1) is 0 Å². The number of hydrogen-bond donors (Lipinski definition) is 2. The molecule has 1 aromatic heterocycles. The molecule has 5 rings (SSSR count). The molecule has 2 aliphatic rings. The second-order valence-electron chi connectivity index (χ2n) is 10.1. The molecule has 1 amide bonds. The smallest absolute Gasteiger partial charge is 0.371 e. The summed E-state index contributed by atoms with van der Waals surface area (Å²) in [5.41, 5.74) is -1.85. The maximum Gasteiger partial charge on any atom is 0.416 e. The Bertz CT molecular complexity index is 1320. The molecule has 1 saturated carbocycles. The van der Waals surface area contributed by atoms with E-state index < -0.39 is 41.0 Å². The van der Waals surface area contributed by atoms with E-state index in [1.165, 1.54) is 0 Å². The van der Waals surface area contributed by atoms with Crippen molar-refractivity contribution in [1.82, 2.24) is 10.3 Å². The first-order valence-electron chi connectivity index (χ1n) is 13.0. The first-order valence-corrected chi connectivity index (χ1v) is 13.0. The van der Waals surface area contributed by atoms with Gasteiger partial charge < -0.3 is 15.5 Å². The number of carbonyl (C=O) groups excluding carboxylic acids is 1. The summed E-state index contributed by atoms with van der Waals surface area (Å²) in [7, 11) is 0. The van der Waals surface area contributed by atoms with Gasteiger partial charge in [-0.1, -0.05) is 31.0 Å². The van der Waals surface area contributed by atoms with Crippen LogP contribution < -0.4 is 15.5 Å². The molecule has 2 aromatic carbocycles. The number of aromatic nitrogens is 1. The molecular weight excluding hydrogens is 522 g/mol. The minimum absolute atomic E-state index is 0.0189. The highest BCUT2D eigenvalue weighted by molar-refractivity contribution is 5.95. The van der Waals surface area contributed by atoms with Crippen LogP contribution in [0.25, 0.3) is 10.9 Å². The van der Waals surface area contributed by atoms with Crippen LogP contribution in [0.15, 0.2) is 48.5 Å². The molecule has 5 nitrogen and oxygen atoms in total. The lowest BCUT2D eigenvalue weighted by atomic mass is 9.90. The van der Waals surface area contributed by atoms with Crippen LogP contribution >= 0.6 is 0 Å². The van der Waals surface area contributed by atoms with Gasteiger partial charge in [-0.05, 0) is 49.9 Å². The molecule has 1 aliphatic heterocycles. The van der Waals surface area contributed by atoms with Gasteiger partial charge in [0.05, 0.1) is 16.6 Å². The molecule has 11 heteroatoms. The number of nitrogens with one attached hydrogen (secondary N) is 2. The van der Waals surface area contributed by atoms with Gasteiger partial charge in [-0.25, -0.2) is 4.98 Å². The second-order valence-corrected chi connectivity index (χ2v) is 10.1. The van der Waals surface area contributed by atoms with Gasteiger partial charge in [-0.2, -0.15) is 26.3 Å². The van der Waals surface area contributed by atoms with Crippen molar-refractivity contribution in [2.24, 2.45) is 0 Å². The van der Waals surface area contributed by atoms with Crippen LogP contribution in [0.2, 0.25) is 0 Å². The highest BCUT2D eigenvalue weighted by Gasteiger charge is 2.38. The van der Waals surface area contributed by atoms with Crippen LogP contribution in [0.3, 0.4) is 0 Å². The number of pyridine rings is 1. The zero-order chi connectivity index (χ0) is 27.8. The number of halogens is 6. The van der Waals surface area contributed by atoms with Crippen molar-refractivity contribution in [3.8, 4) is 0 Å². The third kappa shape index (κ3) is 6.07. The van der Waals surface area contributed by atoms with Crippen LogP contribution in [-0.2, 0) is 12.4 Å². The van der Waals surface area contributed by atoms with E-state index in [2.05, 4.69) is 15.5 Å². The van der Waals surface area contributed by atoms with Crippen molar-refractivity contribution in [3.63, 3.8) is 0 Å². The van der Waals surface area contributed by atoms with Gasteiger partial charge >= 0.3 is 12.4 Å². The van der Waals surface area contributed by atoms with Gasteiger partial charge in [-0.3, -0.25) is 4.79 Å². The number of amides is 1. The van der Waals surface area contributed by atoms with Crippen LogP contribution in [0.1, 0.15) is 60.0 Å². The minimum atomic E-state index is -5.03. The van der Waals surface area contributed by atoms with E-state index in [0.717, 1.165) is 55.4 Å². The van der Waals surface area contributed by atoms with Gasteiger partial charge in [0.15, 0.2) is 0 Å². The fourth-order valence-electron chi connectivity index (χ4n) is 5.45. The summed E-state index contributed by atoms with van der Waals surface area (Å²) in [6.45, 7) is 1.87. The van der Waals surface area contributed by atoms with Crippen molar-refractivity contribution in [2.45, 2.75) is 63.0 Å². The van der Waals surface area contributed by atoms with E-state index in [0.29, 0.717) is 30.8 Å². The van der Waals surface area contributed by atoms with Gasteiger partial charge in [0.25, 0.3) is 5.91 Å². The largest absolute Gasteiger partial charge is 0.416 e. The fraction of sp³-hybridized carbons (Fsp3) is 0.429. The zero-order valence-corrected chi connectivity index (χ0v) is 21.0. The van der Waals surface area contributed by atoms with Crippen molar-refractivity contribution in [2.75, 3.05) is 23.3 Å². The SMILES string of the molecule is O=C(N[C@@H]1CCCC[C@H]1Nc1cc(N2CCCC2)c2ccccc2n1)c1cc(C(F)(F)F)cc(C(F)(F)F)c1.